The number of rotatable bonds is 4. The summed E-state index contributed by atoms with van der Waals surface area (Å²) in [7, 11) is 0. The highest BCUT2D eigenvalue weighted by Gasteiger charge is 2.08. The van der Waals surface area contributed by atoms with Crippen LogP contribution in [0.3, 0.4) is 0 Å². The van der Waals surface area contributed by atoms with Crippen LogP contribution in [-0.2, 0) is 11.2 Å². The molecule has 1 aromatic heterocycles. The Morgan fingerprint density at radius 3 is 2.84 bits per heavy atom. The molecule has 1 aromatic carbocycles. The predicted molar refractivity (Wildman–Crippen MR) is 74.3 cm³/mol. The number of para-hydroxylation sites is 1. The van der Waals surface area contributed by atoms with Crippen LogP contribution >= 0.6 is 0 Å². The molecule has 0 aliphatic rings. The quantitative estimate of drug-likeness (QED) is 0.856. The fraction of sp³-hybridized carbons (Fsp3) is 0.200. The highest BCUT2D eigenvalue weighted by Crippen LogP contribution is 2.19. The Bertz CT molecular complexity index is 627. The van der Waals surface area contributed by atoms with E-state index in [0.29, 0.717) is 0 Å². The van der Waals surface area contributed by atoms with Crippen LogP contribution in [0.2, 0.25) is 0 Å². The summed E-state index contributed by atoms with van der Waals surface area (Å²) in [5, 5.41) is 13.0. The lowest BCUT2D eigenvalue weighted by atomic mass is 10.1. The van der Waals surface area contributed by atoms with Crippen molar-refractivity contribution in [3.63, 3.8) is 0 Å². The molecule has 4 nitrogen and oxygen atoms in total. The second kappa shape index (κ2) is 5.52. The molecule has 0 unspecified atom stereocenters. The van der Waals surface area contributed by atoms with Crippen LogP contribution in [0.15, 0.2) is 36.5 Å². The number of hydrogen-bond acceptors (Lipinski definition) is 2. The minimum atomic E-state index is -0.957. The molecule has 0 bridgehead atoms. The van der Waals surface area contributed by atoms with Gasteiger partial charge in [-0.05, 0) is 31.1 Å². The van der Waals surface area contributed by atoms with Crippen LogP contribution in [0.4, 0.5) is 0 Å². The Hall–Kier alpha value is -2.36. The standard InChI is InChI=1S/C15H16N2O2/c1-3-12-6-4-5-7-14(12)17-11(2)13(10-16-17)8-9-15(18)19/h4-10H,3H2,1-2H3,(H,18,19)/b9-8+. The molecule has 98 valence electrons. The van der Waals surface area contributed by atoms with E-state index in [1.54, 1.807) is 12.3 Å². The molecule has 1 heterocycles. The van der Waals surface area contributed by atoms with Crippen LogP contribution in [-0.4, -0.2) is 20.9 Å². The summed E-state index contributed by atoms with van der Waals surface area (Å²) in [6.45, 7) is 4.03. The van der Waals surface area contributed by atoms with Crippen molar-refractivity contribution in [2.75, 3.05) is 0 Å². The average molecular weight is 256 g/mol. The van der Waals surface area contributed by atoms with Crippen LogP contribution < -0.4 is 0 Å². The molecule has 4 heteroatoms. The third kappa shape index (κ3) is 2.73. The van der Waals surface area contributed by atoms with Gasteiger partial charge >= 0.3 is 5.97 Å². The van der Waals surface area contributed by atoms with Gasteiger partial charge in [-0.1, -0.05) is 25.1 Å². The molecule has 0 saturated carbocycles. The molecule has 0 spiro atoms. The first-order valence-corrected chi connectivity index (χ1v) is 6.17. The summed E-state index contributed by atoms with van der Waals surface area (Å²) in [6.07, 6.45) is 5.30. The van der Waals surface area contributed by atoms with Crippen molar-refractivity contribution in [2.45, 2.75) is 20.3 Å². The second-order valence-corrected chi connectivity index (χ2v) is 4.25. The smallest absolute Gasteiger partial charge is 0.328 e. The monoisotopic (exact) mass is 256 g/mol. The second-order valence-electron chi connectivity index (χ2n) is 4.25. The van der Waals surface area contributed by atoms with Crippen LogP contribution in [0, 0.1) is 6.92 Å². The van der Waals surface area contributed by atoms with Crippen LogP contribution in [0.1, 0.15) is 23.7 Å². The van der Waals surface area contributed by atoms with Crippen LogP contribution in [0.5, 0.6) is 0 Å². The fourth-order valence-electron chi connectivity index (χ4n) is 2.01. The largest absolute Gasteiger partial charge is 0.478 e. The zero-order valence-electron chi connectivity index (χ0n) is 11.0. The van der Waals surface area contributed by atoms with Crippen molar-refractivity contribution >= 4 is 12.0 Å². The first kappa shape index (κ1) is 13.1. The lowest BCUT2D eigenvalue weighted by Gasteiger charge is -2.09. The lowest BCUT2D eigenvalue weighted by Crippen LogP contribution is -2.02. The molecular formula is C15H16N2O2. The third-order valence-corrected chi connectivity index (χ3v) is 3.05. The number of carbonyl (C=O) groups is 1. The normalized spacial score (nSPS) is 11.1. The number of carboxylic acid groups (broad SMARTS) is 1. The first-order chi connectivity index (χ1) is 9.13. The summed E-state index contributed by atoms with van der Waals surface area (Å²) in [5.41, 5.74) is 3.99. The highest BCUT2D eigenvalue weighted by molar-refractivity contribution is 5.85. The van der Waals surface area contributed by atoms with Crippen molar-refractivity contribution in [3.05, 3.63) is 53.4 Å². The van der Waals surface area contributed by atoms with Gasteiger partial charge in [0.15, 0.2) is 0 Å². The third-order valence-electron chi connectivity index (χ3n) is 3.05. The first-order valence-electron chi connectivity index (χ1n) is 6.17. The highest BCUT2D eigenvalue weighted by atomic mass is 16.4. The van der Waals surface area contributed by atoms with Crippen LogP contribution in [0.25, 0.3) is 11.8 Å². The van der Waals surface area contributed by atoms with Crippen molar-refractivity contribution in [3.8, 4) is 5.69 Å². The van der Waals surface area contributed by atoms with E-state index >= 15 is 0 Å². The predicted octanol–water partition coefficient (Wildman–Crippen LogP) is 2.84. The van der Waals surface area contributed by atoms with E-state index in [-0.39, 0.29) is 0 Å². The molecule has 0 atom stereocenters. The molecule has 0 saturated heterocycles. The Labute approximate surface area is 112 Å². The van der Waals surface area contributed by atoms with E-state index in [4.69, 9.17) is 5.11 Å². The van der Waals surface area contributed by atoms with Crippen molar-refractivity contribution in [2.24, 2.45) is 0 Å². The molecule has 2 aromatic rings. The average Bonchev–Trinajstić information content (AvgIpc) is 2.77. The number of benzene rings is 1. The number of aryl methyl sites for hydroxylation is 1. The summed E-state index contributed by atoms with van der Waals surface area (Å²) in [4.78, 5) is 10.5. The van der Waals surface area contributed by atoms with Gasteiger partial charge in [0, 0.05) is 17.3 Å². The number of nitrogens with zero attached hydrogens (tertiary/aromatic N) is 2. The molecule has 0 amide bonds. The number of hydrogen-bond donors (Lipinski definition) is 1. The fourth-order valence-corrected chi connectivity index (χ4v) is 2.01. The maximum Gasteiger partial charge on any atom is 0.328 e. The Morgan fingerprint density at radius 1 is 1.42 bits per heavy atom. The number of aliphatic carboxylic acids is 1. The summed E-state index contributed by atoms with van der Waals surface area (Å²) in [6, 6.07) is 8.07. The van der Waals surface area contributed by atoms with Crippen molar-refractivity contribution in [1.82, 2.24) is 9.78 Å². The molecule has 2 rings (SSSR count). The Balaban J connectivity index is 2.44. The summed E-state index contributed by atoms with van der Waals surface area (Å²) >= 11 is 0. The number of aromatic nitrogens is 2. The zero-order valence-corrected chi connectivity index (χ0v) is 11.0. The molecule has 1 N–H and O–H groups in total. The van der Waals surface area contributed by atoms with E-state index in [2.05, 4.69) is 18.1 Å². The molecule has 0 aliphatic heterocycles. The van der Waals surface area contributed by atoms with E-state index in [1.165, 1.54) is 5.56 Å². The topological polar surface area (TPSA) is 55.1 Å². The minimum Gasteiger partial charge on any atom is -0.478 e. The van der Waals surface area contributed by atoms with Gasteiger partial charge in [0.1, 0.15) is 0 Å². The maximum absolute atomic E-state index is 10.5. The number of carboxylic acids is 1. The molecule has 0 fully saturated rings. The minimum absolute atomic E-state index is 0.813. The SMILES string of the molecule is CCc1ccccc1-n1ncc(/C=C/C(=O)O)c1C. The summed E-state index contributed by atoms with van der Waals surface area (Å²) in [5.74, 6) is -0.957. The van der Waals surface area contributed by atoms with Gasteiger partial charge < -0.3 is 5.11 Å². The van der Waals surface area contributed by atoms with Crippen molar-refractivity contribution in [1.29, 1.82) is 0 Å². The summed E-state index contributed by atoms with van der Waals surface area (Å²) < 4.78 is 1.85. The Morgan fingerprint density at radius 2 is 2.16 bits per heavy atom. The lowest BCUT2D eigenvalue weighted by molar-refractivity contribution is -0.131. The van der Waals surface area contributed by atoms with Crippen molar-refractivity contribution < 1.29 is 9.90 Å². The van der Waals surface area contributed by atoms with Gasteiger partial charge in [0.2, 0.25) is 0 Å². The van der Waals surface area contributed by atoms with E-state index in [9.17, 15) is 4.79 Å². The Kier molecular flexibility index (Phi) is 3.80. The maximum atomic E-state index is 10.5. The van der Waals surface area contributed by atoms with E-state index < -0.39 is 5.97 Å². The van der Waals surface area contributed by atoms with Gasteiger partial charge in [-0.15, -0.1) is 0 Å². The van der Waals surface area contributed by atoms with Gasteiger partial charge in [-0.25, -0.2) is 9.48 Å². The van der Waals surface area contributed by atoms with Gasteiger partial charge in [-0.3, -0.25) is 0 Å². The van der Waals surface area contributed by atoms with E-state index in [0.717, 1.165) is 29.4 Å². The zero-order chi connectivity index (χ0) is 13.8. The van der Waals surface area contributed by atoms with Gasteiger partial charge in [0.05, 0.1) is 11.9 Å². The molecule has 0 aliphatic carbocycles. The van der Waals surface area contributed by atoms with E-state index in [1.807, 2.05) is 29.8 Å². The molecular weight excluding hydrogens is 240 g/mol. The van der Waals surface area contributed by atoms with Gasteiger partial charge in [-0.2, -0.15) is 5.10 Å². The molecule has 0 radical (unpaired) electrons. The van der Waals surface area contributed by atoms with Gasteiger partial charge in [0.25, 0.3) is 0 Å². The molecule has 19 heavy (non-hydrogen) atoms.